The van der Waals surface area contributed by atoms with Crippen LogP contribution in [0.5, 0.6) is 5.75 Å². The number of rotatable bonds is 4. The zero-order valence-corrected chi connectivity index (χ0v) is 11.8. The summed E-state index contributed by atoms with van der Waals surface area (Å²) in [6.45, 7) is 4.16. The fourth-order valence-electron chi connectivity index (χ4n) is 2.24. The second-order valence-corrected chi connectivity index (χ2v) is 4.49. The molecule has 0 saturated carbocycles. The van der Waals surface area contributed by atoms with Gasteiger partial charge in [-0.15, -0.1) is 0 Å². The van der Waals surface area contributed by atoms with Gasteiger partial charge in [-0.1, -0.05) is 12.1 Å². The monoisotopic (exact) mass is 257 g/mol. The van der Waals surface area contributed by atoms with Gasteiger partial charge in [0.15, 0.2) is 0 Å². The normalized spacial score (nSPS) is 12.2. The number of hydrogen-bond acceptors (Lipinski definition) is 4. The Balaban J connectivity index is 2.53. The van der Waals surface area contributed by atoms with Crippen molar-refractivity contribution in [1.82, 2.24) is 15.3 Å². The molecule has 1 aromatic carbocycles. The minimum absolute atomic E-state index is 0.00255. The van der Waals surface area contributed by atoms with Crippen molar-refractivity contribution in [3.63, 3.8) is 0 Å². The summed E-state index contributed by atoms with van der Waals surface area (Å²) in [4.78, 5) is 8.28. The maximum absolute atomic E-state index is 5.58. The van der Waals surface area contributed by atoms with Crippen molar-refractivity contribution in [2.75, 3.05) is 14.2 Å². The van der Waals surface area contributed by atoms with Gasteiger partial charge in [0.05, 0.1) is 18.8 Å². The number of methoxy groups -OCH3 is 1. The Labute approximate surface area is 113 Å². The Bertz CT molecular complexity index is 555. The molecular formula is C15H19N3O. The highest BCUT2D eigenvalue weighted by atomic mass is 16.5. The molecule has 0 spiro atoms. The predicted molar refractivity (Wildman–Crippen MR) is 75.4 cm³/mol. The van der Waals surface area contributed by atoms with Crippen LogP contribution in [0.3, 0.4) is 0 Å². The van der Waals surface area contributed by atoms with Gasteiger partial charge in [-0.2, -0.15) is 0 Å². The molecule has 0 radical (unpaired) electrons. The van der Waals surface area contributed by atoms with Crippen molar-refractivity contribution in [1.29, 1.82) is 0 Å². The number of nitrogens with zero attached hydrogens (tertiary/aromatic N) is 2. The second kappa shape index (κ2) is 5.80. The third-order valence-corrected chi connectivity index (χ3v) is 3.41. The molecular weight excluding hydrogens is 238 g/mol. The smallest absolute Gasteiger partial charge is 0.127 e. The van der Waals surface area contributed by atoms with E-state index in [4.69, 9.17) is 4.74 Å². The average Bonchev–Trinajstić information content (AvgIpc) is 2.45. The van der Waals surface area contributed by atoms with Gasteiger partial charge in [-0.25, -0.2) is 9.97 Å². The van der Waals surface area contributed by atoms with Crippen LogP contribution in [0.25, 0.3) is 0 Å². The number of aromatic nitrogens is 2. The van der Waals surface area contributed by atoms with E-state index in [1.54, 1.807) is 19.6 Å². The predicted octanol–water partition coefficient (Wildman–Crippen LogP) is 2.41. The highest BCUT2D eigenvalue weighted by Crippen LogP contribution is 2.33. The minimum atomic E-state index is -0.00255. The largest absolute Gasteiger partial charge is 0.496 e. The summed E-state index contributed by atoms with van der Waals surface area (Å²) in [7, 11) is 3.62. The molecule has 0 amide bonds. The summed E-state index contributed by atoms with van der Waals surface area (Å²) >= 11 is 0. The quantitative estimate of drug-likeness (QED) is 0.913. The molecule has 1 atom stereocenters. The van der Waals surface area contributed by atoms with Crippen molar-refractivity contribution in [3.05, 3.63) is 53.1 Å². The van der Waals surface area contributed by atoms with E-state index < -0.39 is 0 Å². The molecule has 100 valence electrons. The lowest BCUT2D eigenvalue weighted by Gasteiger charge is -2.21. The van der Waals surface area contributed by atoms with Crippen LogP contribution in [0.15, 0.2) is 30.7 Å². The van der Waals surface area contributed by atoms with Crippen LogP contribution < -0.4 is 10.1 Å². The van der Waals surface area contributed by atoms with Crippen molar-refractivity contribution >= 4 is 0 Å². The molecule has 4 nitrogen and oxygen atoms in total. The van der Waals surface area contributed by atoms with Gasteiger partial charge in [0.25, 0.3) is 0 Å². The summed E-state index contributed by atoms with van der Waals surface area (Å²) in [5, 5.41) is 3.29. The van der Waals surface area contributed by atoms with E-state index in [9.17, 15) is 0 Å². The molecule has 0 fully saturated rings. The molecule has 1 heterocycles. The highest BCUT2D eigenvalue weighted by Gasteiger charge is 2.19. The molecule has 1 unspecified atom stereocenters. The number of ether oxygens (including phenoxy) is 1. The molecule has 2 rings (SSSR count). The van der Waals surface area contributed by atoms with Gasteiger partial charge < -0.3 is 10.1 Å². The first-order valence-corrected chi connectivity index (χ1v) is 6.26. The van der Waals surface area contributed by atoms with Crippen LogP contribution in [0.2, 0.25) is 0 Å². The fraction of sp³-hybridized carbons (Fsp3) is 0.333. The van der Waals surface area contributed by atoms with Crippen molar-refractivity contribution in [3.8, 4) is 5.75 Å². The van der Waals surface area contributed by atoms with Crippen LogP contribution in [-0.2, 0) is 0 Å². The van der Waals surface area contributed by atoms with Crippen LogP contribution in [0, 0.1) is 13.8 Å². The Morgan fingerprint density at radius 2 is 2.00 bits per heavy atom. The van der Waals surface area contributed by atoms with Crippen LogP contribution in [-0.4, -0.2) is 24.1 Å². The fourth-order valence-corrected chi connectivity index (χ4v) is 2.24. The van der Waals surface area contributed by atoms with Gasteiger partial charge >= 0.3 is 0 Å². The van der Waals surface area contributed by atoms with E-state index in [1.807, 2.05) is 13.1 Å². The molecule has 0 bridgehead atoms. The third kappa shape index (κ3) is 2.58. The molecule has 0 aliphatic rings. The van der Waals surface area contributed by atoms with Crippen LogP contribution in [0.1, 0.15) is 28.4 Å². The Morgan fingerprint density at radius 1 is 1.21 bits per heavy atom. The number of nitrogens with one attached hydrogen (secondary N) is 1. The lowest BCUT2D eigenvalue weighted by Crippen LogP contribution is -2.20. The summed E-state index contributed by atoms with van der Waals surface area (Å²) in [5.74, 6) is 0.915. The topological polar surface area (TPSA) is 47.0 Å². The summed E-state index contributed by atoms with van der Waals surface area (Å²) in [6, 6.07) is 6.11. The summed E-state index contributed by atoms with van der Waals surface area (Å²) < 4.78 is 5.58. The van der Waals surface area contributed by atoms with E-state index >= 15 is 0 Å². The molecule has 2 aromatic rings. The van der Waals surface area contributed by atoms with E-state index in [-0.39, 0.29) is 6.04 Å². The lowest BCUT2D eigenvalue weighted by molar-refractivity contribution is 0.401. The van der Waals surface area contributed by atoms with E-state index in [2.05, 4.69) is 41.3 Å². The Hall–Kier alpha value is -1.94. The maximum Gasteiger partial charge on any atom is 0.127 e. The van der Waals surface area contributed by atoms with E-state index in [0.29, 0.717) is 0 Å². The molecule has 0 aliphatic heterocycles. The van der Waals surface area contributed by atoms with Crippen molar-refractivity contribution in [2.45, 2.75) is 19.9 Å². The molecule has 0 aliphatic carbocycles. The second-order valence-electron chi connectivity index (χ2n) is 4.49. The Morgan fingerprint density at radius 3 is 2.58 bits per heavy atom. The summed E-state index contributed by atoms with van der Waals surface area (Å²) in [5.41, 5.74) is 4.40. The first-order chi connectivity index (χ1) is 9.19. The molecule has 0 saturated heterocycles. The first kappa shape index (κ1) is 13.5. The van der Waals surface area contributed by atoms with Gasteiger partial charge in [0.2, 0.25) is 0 Å². The average molecular weight is 257 g/mol. The van der Waals surface area contributed by atoms with E-state index in [1.165, 1.54) is 5.56 Å². The SMILES string of the molecule is CNC(c1ccncn1)c1ccc(C)c(C)c1OC. The van der Waals surface area contributed by atoms with Crippen LogP contribution >= 0.6 is 0 Å². The zero-order chi connectivity index (χ0) is 13.8. The third-order valence-electron chi connectivity index (χ3n) is 3.41. The Kier molecular flexibility index (Phi) is 4.12. The van der Waals surface area contributed by atoms with E-state index in [0.717, 1.165) is 22.6 Å². The molecule has 1 aromatic heterocycles. The first-order valence-electron chi connectivity index (χ1n) is 6.26. The van der Waals surface area contributed by atoms with Crippen LogP contribution in [0.4, 0.5) is 0 Å². The zero-order valence-electron chi connectivity index (χ0n) is 11.8. The number of benzene rings is 1. The standard InChI is InChI=1S/C15H19N3O/c1-10-5-6-12(15(19-4)11(10)2)14(16-3)13-7-8-17-9-18-13/h5-9,14,16H,1-4H3. The van der Waals surface area contributed by atoms with Gasteiger partial charge in [0, 0.05) is 11.8 Å². The minimum Gasteiger partial charge on any atom is -0.496 e. The molecule has 19 heavy (non-hydrogen) atoms. The van der Waals surface area contributed by atoms with Crippen molar-refractivity contribution in [2.24, 2.45) is 0 Å². The lowest BCUT2D eigenvalue weighted by atomic mass is 9.97. The van der Waals surface area contributed by atoms with Gasteiger partial charge in [-0.3, -0.25) is 0 Å². The number of aryl methyl sites for hydroxylation is 1. The number of hydrogen-bond donors (Lipinski definition) is 1. The highest BCUT2D eigenvalue weighted by molar-refractivity contribution is 5.48. The molecule has 1 N–H and O–H groups in total. The maximum atomic E-state index is 5.58. The molecule has 4 heteroatoms. The van der Waals surface area contributed by atoms with Crippen molar-refractivity contribution < 1.29 is 4.74 Å². The van der Waals surface area contributed by atoms with Gasteiger partial charge in [0.1, 0.15) is 12.1 Å². The summed E-state index contributed by atoms with van der Waals surface area (Å²) in [6.07, 6.45) is 3.31. The van der Waals surface area contributed by atoms with Gasteiger partial charge in [-0.05, 0) is 38.1 Å².